The van der Waals surface area contributed by atoms with E-state index >= 15 is 0 Å². The van der Waals surface area contributed by atoms with Crippen molar-refractivity contribution in [3.8, 4) is 0 Å². The van der Waals surface area contributed by atoms with Gasteiger partial charge in [-0.2, -0.15) is 0 Å². The fourth-order valence-electron chi connectivity index (χ4n) is 2.79. The normalized spacial score (nSPS) is 16.9. The second kappa shape index (κ2) is 5.93. The summed E-state index contributed by atoms with van der Waals surface area (Å²) in [6.45, 7) is 1.77. The Hall–Kier alpha value is -2.14. The molecule has 0 unspecified atom stereocenters. The summed E-state index contributed by atoms with van der Waals surface area (Å²) < 4.78 is 0.956. The first kappa shape index (κ1) is 14.8. The molecule has 112 valence electrons. The lowest BCUT2D eigenvalue weighted by atomic mass is 9.94. The van der Waals surface area contributed by atoms with Crippen LogP contribution >= 0.6 is 15.9 Å². The molecule has 5 heteroatoms. The molecule has 3 rings (SSSR count). The van der Waals surface area contributed by atoms with Gasteiger partial charge in [0.15, 0.2) is 0 Å². The number of amidine groups is 1. The van der Waals surface area contributed by atoms with E-state index in [4.69, 9.17) is 0 Å². The van der Waals surface area contributed by atoms with Gasteiger partial charge in [0.25, 0.3) is 0 Å². The maximum Gasteiger partial charge on any atom is 0.323 e. The standard InChI is InChI=1S/C17H15BrN2O2/c1-11-19-15-8-7-13(18)9-14(15)17(20(11)10-16(21)22)12-5-3-2-4-6-12/h2-9,17H,10H2,1H3,(H,21,22)/t17-/m0/s1. The van der Waals surface area contributed by atoms with Gasteiger partial charge in [0.2, 0.25) is 0 Å². The van der Waals surface area contributed by atoms with Crippen LogP contribution in [0.25, 0.3) is 0 Å². The van der Waals surface area contributed by atoms with Crippen LogP contribution in [-0.2, 0) is 4.79 Å². The monoisotopic (exact) mass is 358 g/mol. The number of carbonyl (C=O) groups is 1. The van der Waals surface area contributed by atoms with Crippen molar-refractivity contribution in [2.75, 3.05) is 6.54 Å². The van der Waals surface area contributed by atoms with Gasteiger partial charge in [0.1, 0.15) is 12.4 Å². The van der Waals surface area contributed by atoms with E-state index in [-0.39, 0.29) is 12.6 Å². The zero-order valence-electron chi connectivity index (χ0n) is 12.0. The predicted molar refractivity (Wildman–Crippen MR) is 89.5 cm³/mol. The first-order valence-corrected chi connectivity index (χ1v) is 7.73. The van der Waals surface area contributed by atoms with Crippen molar-refractivity contribution in [1.82, 2.24) is 4.90 Å². The molecule has 22 heavy (non-hydrogen) atoms. The van der Waals surface area contributed by atoms with Gasteiger partial charge in [0.05, 0.1) is 11.7 Å². The first-order valence-electron chi connectivity index (χ1n) is 6.94. The molecule has 1 heterocycles. The molecule has 4 nitrogen and oxygen atoms in total. The molecule has 1 aliphatic heterocycles. The quantitative estimate of drug-likeness (QED) is 0.902. The number of aliphatic carboxylic acids is 1. The number of hydrogen-bond donors (Lipinski definition) is 1. The zero-order chi connectivity index (χ0) is 15.7. The number of benzene rings is 2. The summed E-state index contributed by atoms with van der Waals surface area (Å²) in [6.07, 6.45) is 0. The smallest absolute Gasteiger partial charge is 0.323 e. The van der Waals surface area contributed by atoms with Gasteiger partial charge in [-0.25, -0.2) is 4.99 Å². The lowest BCUT2D eigenvalue weighted by Crippen LogP contribution is -2.39. The summed E-state index contributed by atoms with van der Waals surface area (Å²) in [5.74, 6) is -0.153. The molecule has 0 radical (unpaired) electrons. The molecule has 0 bridgehead atoms. The van der Waals surface area contributed by atoms with Crippen molar-refractivity contribution in [3.05, 3.63) is 64.1 Å². The van der Waals surface area contributed by atoms with Crippen molar-refractivity contribution < 1.29 is 9.90 Å². The molecular weight excluding hydrogens is 344 g/mol. The van der Waals surface area contributed by atoms with Crippen LogP contribution in [0.3, 0.4) is 0 Å². The highest BCUT2D eigenvalue weighted by atomic mass is 79.9. The third-order valence-electron chi connectivity index (χ3n) is 3.71. The summed E-state index contributed by atoms with van der Waals surface area (Å²) in [5.41, 5.74) is 2.95. The summed E-state index contributed by atoms with van der Waals surface area (Å²) in [4.78, 5) is 17.6. The Balaban J connectivity index is 2.17. The molecule has 1 atom stereocenters. The van der Waals surface area contributed by atoms with Crippen molar-refractivity contribution >= 4 is 33.4 Å². The van der Waals surface area contributed by atoms with Gasteiger partial charge in [-0.3, -0.25) is 4.79 Å². The third kappa shape index (κ3) is 2.76. The molecule has 0 aromatic heterocycles. The van der Waals surface area contributed by atoms with Crippen LogP contribution in [0.2, 0.25) is 0 Å². The van der Waals surface area contributed by atoms with E-state index in [9.17, 15) is 9.90 Å². The van der Waals surface area contributed by atoms with Gasteiger partial charge in [0, 0.05) is 10.0 Å². The third-order valence-corrected chi connectivity index (χ3v) is 4.21. The minimum absolute atomic E-state index is 0.0825. The average Bonchev–Trinajstić information content (AvgIpc) is 2.49. The van der Waals surface area contributed by atoms with Crippen LogP contribution < -0.4 is 0 Å². The van der Waals surface area contributed by atoms with Crippen LogP contribution in [0, 0.1) is 0 Å². The Morgan fingerprint density at radius 1 is 1.27 bits per heavy atom. The summed E-state index contributed by atoms with van der Waals surface area (Å²) in [7, 11) is 0. The fraction of sp³-hybridized carbons (Fsp3) is 0.176. The van der Waals surface area contributed by atoms with E-state index in [0.717, 1.165) is 21.3 Å². The largest absolute Gasteiger partial charge is 0.480 e. The Kier molecular flexibility index (Phi) is 3.98. The Morgan fingerprint density at radius 3 is 2.68 bits per heavy atom. The van der Waals surface area contributed by atoms with Crippen molar-refractivity contribution in [2.45, 2.75) is 13.0 Å². The van der Waals surface area contributed by atoms with Crippen LogP contribution in [0.5, 0.6) is 0 Å². The number of carboxylic acids is 1. The Morgan fingerprint density at radius 2 is 2.00 bits per heavy atom. The number of aliphatic imine (C=N–C) groups is 1. The van der Waals surface area contributed by atoms with Crippen LogP contribution in [-0.4, -0.2) is 28.4 Å². The molecule has 0 saturated heterocycles. The number of halogens is 1. The lowest BCUT2D eigenvalue weighted by Gasteiger charge is -2.36. The van der Waals surface area contributed by atoms with Gasteiger partial charge in [-0.05, 0) is 30.7 Å². The molecule has 0 spiro atoms. The van der Waals surface area contributed by atoms with Crippen molar-refractivity contribution in [3.63, 3.8) is 0 Å². The highest BCUT2D eigenvalue weighted by Gasteiger charge is 2.30. The molecule has 0 aliphatic carbocycles. The molecule has 0 fully saturated rings. The van der Waals surface area contributed by atoms with E-state index in [1.807, 2.05) is 60.4 Å². The van der Waals surface area contributed by atoms with E-state index < -0.39 is 5.97 Å². The van der Waals surface area contributed by atoms with Crippen LogP contribution in [0.15, 0.2) is 58.0 Å². The van der Waals surface area contributed by atoms with E-state index in [1.54, 1.807) is 0 Å². The van der Waals surface area contributed by atoms with E-state index in [1.165, 1.54) is 0 Å². The van der Waals surface area contributed by atoms with Crippen LogP contribution in [0.4, 0.5) is 5.69 Å². The molecule has 1 aliphatic rings. The molecule has 1 N–H and O–H groups in total. The second-order valence-electron chi connectivity index (χ2n) is 5.20. The SMILES string of the molecule is CC1=Nc2ccc(Br)cc2[C@H](c2ccccc2)N1CC(=O)O. The molecule has 0 amide bonds. The molecule has 0 saturated carbocycles. The maximum atomic E-state index is 11.3. The number of nitrogens with zero attached hydrogens (tertiary/aromatic N) is 2. The highest BCUT2D eigenvalue weighted by molar-refractivity contribution is 9.10. The van der Waals surface area contributed by atoms with Crippen molar-refractivity contribution in [2.24, 2.45) is 4.99 Å². The second-order valence-corrected chi connectivity index (χ2v) is 6.11. The lowest BCUT2D eigenvalue weighted by molar-refractivity contribution is -0.137. The number of rotatable bonds is 3. The Bertz CT molecular complexity index is 744. The number of fused-ring (bicyclic) bond motifs is 1. The summed E-state index contributed by atoms with van der Waals surface area (Å²) in [5, 5.41) is 9.24. The summed E-state index contributed by atoms with van der Waals surface area (Å²) >= 11 is 3.49. The van der Waals surface area contributed by atoms with Gasteiger partial charge >= 0.3 is 5.97 Å². The Labute approximate surface area is 137 Å². The van der Waals surface area contributed by atoms with Gasteiger partial charge in [-0.1, -0.05) is 46.3 Å². The van der Waals surface area contributed by atoms with Gasteiger partial charge in [-0.15, -0.1) is 0 Å². The maximum absolute atomic E-state index is 11.3. The first-order chi connectivity index (χ1) is 10.6. The molecule has 2 aromatic carbocycles. The predicted octanol–water partition coefficient (Wildman–Crippen LogP) is 3.99. The van der Waals surface area contributed by atoms with E-state index in [2.05, 4.69) is 20.9 Å². The molecular formula is C17H15BrN2O2. The molecule has 2 aromatic rings. The zero-order valence-corrected chi connectivity index (χ0v) is 13.6. The highest BCUT2D eigenvalue weighted by Crippen LogP contribution is 2.40. The summed E-state index contributed by atoms with van der Waals surface area (Å²) in [6, 6.07) is 15.7. The number of hydrogen-bond acceptors (Lipinski definition) is 3. The topological polar surface area (TPSA) is 52.9 Å². The average molecular weight is 359 g/mol. The minimum atomic E-state index is -0.867. The number of carboxylic acid groups (broad SMARTS) is 1. The fourth-order valence-corrected chi connectivity index (χ4v) is 3.16. The van der Waals surface area contributed by atoms with E-state index in [0.29, 0.717) is 5.84 Å². The minimum Gasteiger partial charge on any atom is -0.480 e. The van der Waals surface area contributed by atoms with Gasteiger partial charge < -0.3 is 10.0 Å². The van der Waals surface area contributed by atoms with Crippen molar-refractivity contribution in [1.29, 1.82) is 0 Å². The van der Waals surface area contributed by atoms with Crippen LogP contribution in [0.1, 0.15) is 24.1 Å².